The van der Waals surface area contributed by atoms with Crippen LogP contribution in [-0.4, -0.2) is 20.7 Å². The van der Waals surface area contributed by atoms with Crippen LogP contribution in [0.15, 0.2) is 22.2 Å². The standard InChI is InChI=1S/C11H12FN5OS/c1-5-15-16-11(17(5)2)19-9-3-6(10(14)18)8(13)4-7(9)12/h3-4H,13H2,1-2H3,(H2,14,18). The SMILES string of the molecule is Cc1nnc(Sc2cc(C(N)=O)c(N)cc2F)n1C. The zero-order valence-corrected chi connectivity index (χ0v) is 11.2. The first-order valence-corrected chi connectivity index (χ1v) is 6.14. The highest BCUT2D eigenvalue weighted by atomic mass is 32.2. The van der Waals surface area contributed by atoms with Gasteiger partial charge in [-0.15, -0.1) is 10.2 Å². The van der Waals surface area contributed by atoms with Crippen LogP contribution in [0.25, 0.3) is 0 Å². The summed E-state index contributed by atoms with van der Waals surface area (Å²) in [6, 6.07) is 2.40. The predicted molar refractivity (Wildman–Crippen MR) is 69.2 cm³/mol. The summed E-state index contributed by atoms with van der Waals surface area (Å²) >= 11 is 1.05. The van der Waals surface area contributed by atoms with E-state index in [0.717, 1.165) is 17.8 Å². The number of amides is 1. The average molecular weight is 281 g/mol. The molecule has 0 fully saturated rings. The molecule has 2 rings (SSSR count). The quantitative estimate of drug-likeness (QED) is 0.820. The van der Waals surface area contributed by atoms with Crippen molar-refractivity contribution in [2.75, 3.05) is 5.73 Å². The van der Waals surface area contributed by atoms with E-state index >= 15 is 0 Å². The van der Waals surface area contributed by atoms with Gasteiger partial charge in [0.15, 0.2) is 5.16 Å². The van der Waals surface area contributed by atoms with E-state index in [2.05, 4.69) is 10.2 Å². The normalized spacial score (nSPS) is 10.7. The van der Waals surface area contributed by atoms with Gasteiger partial charge in [0.25, 0.3) is 5.91 Å². The Hall–Kier alpha value is -2.09. The minimum atomic E-state index is -0.700. The lowest BCUT2D eigenvalue weighted by atomic mass is 10.1. The third-order valence-electron chi connectivity index (χ3n) is 2.62. The van der Waals surface area contributed by atoms with E-state index < -0.39 is 11.7 Å². The molecule has 0 aliphatic carbocycles. The lowest BCUT2D eigenvalue weighted by molar-refractivity contribution is 0.100. The zero-order chi connectivity index (χ0) is 14.2. The van der Waals surface area contributed by atoms with Gasteiger partial charge in [-0.25, -0.2) is 4.39 Å². The Kier molecular flexibility index (Phi) is 3.43. The molecule has 0 unspecified atom stereocenters. The van der Waals surface area contributed by atoms with Crippen molar-refractivity contribution in [2.45, 2.75) is 17.0 Å². The fourth-order valence-corrected chi connectivity index (χ4v) is 2.32. The van der Waals surface area contributed by atoms with Crippen molar-refractivity contribution >= 4 is 23.4 Å². The Balaban J connectivity index is 2.43. The zero-order valence-electron chi connectivity index (χ0n) is 10.3. The van der Waals surface area contributed by atoms with Gasteiger partial charge >= 0.3 is 0 Å². The van der Waals surface area contributed by atoms with E-state index in [-0.39, 0.29) is 16.1 Å². The summed E-state index contributed by atoms with van der Waals surface area (Å²) in [5, 5.41) is 8.29. The van der Waals surface area contributed by atoms with Crippen molar-refractivity contribution < 1.29 is 9.18 Å². The number of nitrogens with two attached hydrogens (primary N) is 2. The molecule has 1 heterocycles. The maximum absolute atomic E-state index is 13.8. The number of nitrogens with zero attached hydrogens (tertiary/aromatic N) is 3. The van der Waals surface area contributed by atoms with E-state index in [4.69, 9.17) is 11.5 Å². The Bertz CT molecular complexity index is 655. The molecule has 0 saturated heterocycles. The van der Waals surface area contributed by atoms with Crippen LogP contribution in [0.5, 0.6) is 0 Å². The van der Waals surface area contributed by atoms with Crippen molar-refractivity contribution in [3.05, 3.63) is 29.3 Å². The molecule has 0 saturated carbocycles. The van der Waals surface area contributed by atoms with Crippen LogP contribution in [-0.2, 0) is 7.05 Å². The molecule has 8 heteroatoms. The first kappa shape index (κ1) is 13.3. The molecule has 100 valence electrons. The highest BCUT2D eigenvalue weighted by Crippen LogP contribution is 2.31. The molecular formula is C11H12FN5OS. The molecule has 0 atom stereocenters. The first-order chi connectivity index (χ1) is 8.90. The van der Waals surface area contributed by atoms with Crippen LogP contribution < -0.4 is 11.5 Å². The number of nitrogen functional groups attached to an aromatic ring is 1. The average Bonchev–Trinajstić information content (AvgIpc) is 2.64. The molecule has 0 aliphatic rings. The molecular weight excluding hydrogens is 269 g/mol. The van der Waals surface area contributed by atoms with Crippen molar-refractivity contribution in [2.24, 2.45) is 12.8 Å². The summed E-state index contributed by atoms with van der Waals surface area (Å²) in [6.45, 7) is 1.78. The van der Waals surface area contributed by atoms with Gasteiger partial charge in [0.05, 0.1) is 10.5 Å². The number of anilines is 1. The molecule has 2 aromatic rings. The molecule has 4 N–H and O–H groups in total. The molecule has 0 radical (unpaired) electrons. The second-order valence-electron chi connectivity index (χ2n) is 3.92. The first-order valence-electron chi connectivity index (χ1n) is 5.33. The number of carbonyl (C=O) groups is 1. The summed E-state index contributed by atoms with van der Waals surface area (Å²) in [4.78, 5) is 11.4. The molecule has 1 amide bonds. The Morgan fingerprint density at radius 2 is 2.11 bits per heavy atom. The monoisotopic (exact) mass is 281 g/mol. The number of hydrogen-bond donors (Lipinski definition) is 2. The Morgan fingerprint density at radius 1 is 1.42 bits per heavy atom. The van der Waals surface area contributed by atoms with Crippen LogP contribution in [0.2, 0.25) is 0 Å². The van der Waals surface area contributed by atoms with E-state index in [1.54, 1.807) is 18.5 Å². The van der Waals surface area contributed by atoms with Gasteiger partial charge in [0.1, 0.15) is 11.6 Å². The van der Waals surface area contributed by atoms with Gasteiger partial charge in [0.2, 0.25) is 0 Å². The number of aromatic nitrogens is 3. The molecule has 1 aromatic carbocycles. The Labute approximate surface area is 113 Å². The number of carbonyl (C=O) groups excluding carboxylic acids is 1. The minimum absolute atomic E-state index is 0.0171. The van der Waals surface area contributed by atoms with Gasteiger partial charge < -0.3 is 16.0 Å². The fourth-order valence-electron chi connectivity index (χ4n) is 1.44. The van der Waals surface area contributed by atoms with Crippen LogP contribution >= 0.6 is 11.8 Å². The van der Waals surface area contributed by atoms with Gasteiger partial charge in [-0.05, 0) is 30.8 Å². The summed E-state index contributed by atoms with van der Waals surface area (Å²) < 4.78 is 15.5. The topological polar surface area (TPSA) is 99.8 Å². The van der Waals surface area contributed by atoms with Crippen molar-refractivity contribution in [1.29, 1.82) is 0 Å². The second-order valence-corrected chi connectivity index (χ2v) is 4.93. The lowest BCUT2D eigenvalue weighted by Crippen LogP contribution is -2.14. The molecule has 0 aliphatic heterocycles. The van der Waals surface area contributed by atoms with Crippen LogP contribution in [0.1, 0.15) is 16.2 Å². The summed E-state index contributed by atoms with van der Waals surface area (Å²) in [5.74, 6) is -0.532. The largest absolute Gasteiger partial charge is 0.398 e. The van der Waals surface area contributed by atoms with Crippen molar-refractivity contribution in [1.82, 2.24) is 14.8 Å². The van der Waals surface area contributed by atoms with Crippen LogP contribution in [0, 0.1) is 12.7 Å². The predicted octanol–water partition coefficient (Wildman–Crippen LogP) is 1.09. The second kappa shape index (κ2) is 4.88. The number of benzene rings is 1. The highest BCUT2D eigenvalue weighted by molar-refractivity contribution is 7.99. The number of primary amides is 1. The summed E-state index contributed by atoms with van der Waals surface area (Å²) in [7, 11) is 1.77. The van der Waals surface area contributed by atoms with Gasteiger partial charge in [-0.3, -0.25) is 4.79 Å². The molecule has 0 bridgehead atoms. The van der Waals surface area contributed by atoms with Gasteiger partial charge in [-0.1, -0.05) is 0 Å². The van der Waals surface area contributed by atoms with E-state index in [1.807, 2.05) is 0 Å². The van der Waals surface area contributed by atoms with Crippen LogP contribution in [0.3, 0.4) is 0 Å². The maximum atomic E-state index is 13.8. The van der Waals surface area contributed by atoms with Gasteiger partial charge in [-0.2, -0.15) is 0 Å². The molecule has 19 heavy (non-hydrogen) atoms. The number of rotatable bonds is 3. The molecule has 6 nitrogen and oxygen atoms in total. The number of hydrogen-bond acceptors (Lipinski definition) is 5. The van der Waals surface area contributed by atoms with Gasteiger partial charge in [0, 0.05) is 12.7 Å². The minimum Gasteiger partial charge on any atom is -0.398 e. The third kappa shape index (κ3) is 2.53. The van der Waals surface area contributed by atoms with E-state index in [9.17, 15) is 9.18 Å². The highest BCUT2D eigenvalue weighted by Gasteiger charge is 2.15. The van der Waals surface area contributed by atoms with E-state index in [1.165, 1.54) is 6.07 Å². The molecule has 0 spiro atoms. The molecule has 1 aromatic heterocycles. The fraction of sp³-hybridized carbons (Fsp3) is 0.182. The summed E-state index contributed by atoms with van der Waals surface area (Å²) in [5.41, 5.74) is 10.8. The Morgan fingerprint density at radius 3 is 2.63 bits per heavy atom. The van der Waals surface area contributed by atoms with Crippen LogP contribution in [0.4, 0.5) is 10.1 Å². The number of aryl methyl sites for hydroxylation is 1. The summed E-state index contributed by atoms with van der Waals surface area (Å²) in [6.07, 6.45) is 0. The van der Waals surface area contributed by atoms with Crippen molar-refractivity contribution in [3.63, 3.8) is 0 Å². The third-order valence-corrected chi connectivity index (χ3v) is 3.69. The van der Waals surface area contributed by atoms with Crippen molar-refractivity contribution in [3.8, 4) is 0 Å². The maximum Gasteiger partial charge on any atom is 0.250 e. The smallest absolute Gasteiger partial charge is 0.250 e. The van der Waals surface area contributed by atoms with E-state index in [0.29, 0.717) is 11.0 Å². The lowest BCUT2D eigenvalue weighted by Gasteiger charge is -2.07. The number of halogens is 1.